The monoisotopic (exact) mass is 324 g/mol. The van der Waals surface area contributed by atoms with Crippen LogP contribution in [0.2, 0.25) is 0 Å². The number of nitrogens with one attached hydrogen (secondary N) is 2. The Kier molecular flexibility index (Phi) is 4.45. The lowest BCUT2D eigenvalue weighted by molar-refractivity contribution is -0.118. The zero-order valence-corrected chi connectivity index (χ0v) is 13.0. The highest BCUT2D eigenvalue weighted by Crippen LogP contribution is 2.35. The molecule has 6 nitrogen and oxygen atoms in total. The summed E-state index contributed by atoms with van der Waals surface area (Å²) in [4.78, 5) is 24.7. The smallest absolute Gasteiger partial charge is 0.344 e. The Balaban J connectivity index is 1.44. The van der Waals surface area contributed by atoms with Gasteiger partial charge in [0.05, 0.1) is 5.75 Å². The Labute approximate surface area is 130 Å². The first kappa shape index (κ1) is 14.4. The lowest BCUT2D eigenvalue weighted by Gasteiger charge is -2.05. The SMILES string of the molecule is O=C(CSc1n[nH]c(=O)n1C1CC1)NCCc1cccs1. The van der Waals surface area contributed by atoms with Gasteiger partial charge in [-0.25, -0.2) is 9.89 Å². The number of nitrogens with zero attached hydrogens (tertiary/aromatic N) is 2. The number of hydrogen-bond donors (Lipinski definition) is 2. The average Bonchev–Trinajstić information content (AvgIpc) is 3.03. The van der Waals surface area contributed by atoms with Gasteiger partial charge in [0, 0.05) is 17.5 Å². The van der Waals surface area contributed by atoms with Crippen LogP contribution in [0.5, 0.6) is 0 Å². The van der Waals surface area contributed by atoms with Gasteiger partial charge < -0.3 is 5.32 Å². The molecule has 1 fully saturated rings. The van der Waals surface area contributed by atoms with E-state index in [1.807, 2.05) is 11.4 Å². The van der Waals surface area contributed by atoms with Crippen LogP contribution in [0.4, 0.5) is 0 Å². The third kappa shape index (κ3) is 3.76. The number of rotatable bonds is 7. The molecule has 0 aliphatic heterocycles. The van der Waals surface area contributed by atoms with Gasteiger partial charge in [0.1, 0.15) is 0 Å². The van der Waals surface area contributed by atoms with Gasteiger partial charge >= 0.3 is 5.69 Å². The summed E-state index contributed by atoms with van der Waals surface area (Å²) in [5, 5.41) is 12.0. The van der Waals surface area contributed by atoms with Crippen molar-refractivity contribution in [3.05, 3.63) is 32.9 Å². The van der Waals surface area contributed by atoms with Gasteiger partial charge in [0.15, 0.2) is 5.16 Å². The first-order valence-electron chi connectivity index (χ1n) is 6.83. The number of aromatic nitrogens is 3. The zero-order valence-electron chi connectivity index (χ0n) is 11.4. The number of H-pyrrole nitrogens is 1. The van der Waals surface area contributed by atoms with Crippen LogP contribution in [-0.4, -0.2) is 33.0 Å². The molecule has 8 heteroatoms. The highest BCUT2D eigenvalue weighted by atomic mass is 32.2. The summed E-state index contributed by atoms with van der Waals surface area (Å²) in [5.74, 6) is 0.246. The molecule has 0 atom stereocenters. The van der Waals surface area contributed by atoms with Crippen molar-refractivity contribution in [3.63, 3.8) is 0 Å². The van der Waals surface area contributed by atoms with E-state index < -0.39 is 0 Å². The highest BCUT2D eigenvalue weighted by molar-refractivity contribution is 7.99. The first-order chi connectivity index (χ1) is 10.2. The molecule has 0 radical (unpaired) electrons. The van der Waals surface area contributed by atoms with Crippen molar-refractivity contribution >= 4 is 29.0 Å². The molecule has 21 heavy (non-hydrogen) atoms. The molecule has 0 saturated heterocycles. The molecular weight excluding hydrogens is 308 g/mol. The summed E-state index contributed by atoms with van der Waals surface area (Å²) in [6, 6.07) is 4.33. The molecule has 1 saturated carbocycles. The summed E-state index contributed by atoms with van der Waals surface area (Å²) in [6.07, 6.45) is 2.88. The van der Waals surface area contributed by atoms with Crippen LogP contribution in [0, 0.1) is 0 Å². The zero-order chi connectivity index (χ0) is 14.7. The second kappa shape index (κ2) is 6.48. The van der Waals surface area contributed by atoms with Crippen molar-refractivity contribution in [2.75, 3.05) is 12.3 Å². The molecule has 1 aliphatic carbocycles. The van der Waals surface area contributed by atoms with Crippen molar-refractivity contribution in [1.29, 1.82) is 0 Å². The number of carbonyl (C=O) groups excluding carboxylic acids is 1. The summed E-state index contributed by atoms with van der Waals surface area (Å²) in [5.41, 5.74) is -0.182. The number of carbonyl (C=O) groups is 1. The third-order valence-corrected chi connectivity index (χ3v) is 5.08. The van der Waals surface area contributed by atoms with Gasteiger partial charge in [-0.2, -0.15) is 0 Å². The normalized spacial score (nSPS) is 14.3. The molecule has 112 valence electrons. The number of aromatic amines is 1. The molecular formula is C13H16N4O2S2. The molecule has 2 N–H and O–H groups in total. The van der Waals surface area contributed by atoms with Crippen LogP contribution in [0.3, 0.4) is 0 Å². The number of amides is 1. The van der Waals surface area contributed by atoms with Crippen molar-refractivity contribution in [1.82, 2.24) is 20.1 Å². The minimum Gasteiger partial charge on any atom is -0.355 e. The third-order valence-electron chi connectivity index (χ3n) is 3.19. The summed E-state index contributed by atoms with van der Waals surface area (Å²) in [6.45, 7) is 0.635. The lowest BCUT2D eigenvalue weighted by Crippen LogP contribution is -2.27. The van der Waals surface area contributed by atoms with E-state index in [4.69, 9.17) is 0 Å². The first-order valence-corrected chi connectivity index (χ1v) is 8.69. The van der Waals surface area contributed by atoms with E-state index in [1.54, 1.807) is 15.9 Å². The summed E-state index contributed by atoms with van der Waals surface area (Å²) < 4.78 is 1.66. The number of thiophene rings is 1. The van der Waals surface area contributed by atoms with Gasteiger partial charge in [-0.1, -0.05) is 17.8 Å². The van der Waals surface area contributed by atoms with Crippen molar-refractivity contribution < 1.29 is 4.79 Å². The van der Waals surface area contributed by atoms with Gasteiger partial charge in [-0.05, 0) is 30.7 Å². The van der Waals surface area contributed by atoms with Crippen LogP contribution in [0.25, 0.3) is 0 Å². The molecule has 0 spiro atoms. The second-order valence-electron chi connectivity index (χ2n) is 4.88. The Hall–Kier alpha value is -1.54. The van der Waals surface area contributed by atoms with Gasteiger partial charge in [-0.3, -0.25) is 9.36 Å². The molecule has 0 unspecified atom stereocenters. The maximum Gasteiger partial charge on any atom is 0.344 e. The van der Waals surface area contributed by atoms with Crippen molar-refractivity contribution in [3.8, 4) is 0 Å². The lowest BCUT2D eigenvalue weighted by atomic mass is 10.3. The highest BCUT2D eigenvalue weighted by Gasteiger charge is 2.28. The fourth-order valence-electron chi connectivity index (χ4n) is 2.01. The maximum atomic E-state index is 11.8. The van der Waals surface area contributed by atoms with Gasteiger partial charge in [0.25, 0.3) is 0 Å². The minimum absolute atomic E-state index is 0.0330. The largest absolute Gasteiger partial charge is 0.355 e. The molecule has 2 aromatic rings. The number of thioether (sulfide) groups is 1. The van der Waals surface area contributed by atoms with Crippen molar-refractivity contribution in [2.24, 2.45) is 0 Å². The Morgan fingerprint density at radius 2 is 2.43 bits per heavy atom. The summed E-state index contributed by atoms with van der Waals surface area (Å²) >= 11 is 2.99. The number of hydrogen-bond acceptors (Lipinski definition) is 5. The van der Waals surface area contributed by atoms with E-state index in [0.717, 1.165) is 19.3 Å². The predicted molar refractivity (Wildman–Crippen MR) is 82.9 cm³/mol. The topological polar surface area (TPSA) is 79.8 Å². The fourth-order valence-corrected chi connectivity index (χ4v) is 3.56. The van der Waals surface area contributed by atoms with Gasteiger partial charge in [0.2, 0.25) is 5.91 Å². The van der Waals surface area contributed by atoms with E-state index in [-0.39, 0.29) is 23.4 Å². The van der Waals surface area contributed by atoms with E-state index in [9.17, 15) is 9.59 Å². The molecule has 0 bridgehead atoms. The Morgan fingerprint density at radius 1 is 1.57 bits per heavy atom. The molecule has 1 aliphatic rings. The summed E-state index contributed by atoms with van der Waals surface area (Å²) in [7, 11) is 0. The van der Waals surface area contributed by atoms with E-state index in [2.05, 4.69) is 21.6 Å². The van der Waals surface area contributed by atoms with Crippen LogP contribution < -0.4 is 11.0 Å². The minimum atomic E-state index is -0.182. The maximum absolute atomic E-state index is 11.8. The quantitative estimate of drug-likeness (QED) is 0.755. The average molecular weight is 324 g/mol. The standard InChI is InChI=1S/C13H16N4O2S2/c18-11(14-6-5-10-2-1-7-20-10)8-21-13-16-15-12(19)17(13)9-3-4-9/h1-2,7,9H,3-6,8H2,(H,14,18)(H,15,19). The van der Waals surface area contributed by atoms with Gasteiger partial charge in [-0.15, -0.1) is 16.4 Å². The Bertz CT molecular complexity index is 658. The molecule has 1 amide bonds. The molecule has 2 heterocycles. The van der Waals surface area contributed by atoms with Crippen LogP contribution in [-0.2, 0) is 11.2 Å². The fraction of sp³-hybridized carbons (Fsp3) is 0.462. The molecule has 2 aromatic heterocycles. The molecule has 0 aromatic carbocycles. The Morgan fingerprint density at radius 3 is 3.14 bits per heavy atom. The van der Waals surface area contributed by atoms with Crippen LogP contribution in [0.1, 0.15) is 23.8 Å². The predicted octanol–water partition coefficient (Wildman–Crippen LogP) is 1.42. The van der Waals surface area contributed by atoms with E-state index in [1.165, 1.54) is 16.6 Å². The van der Waals surface area contributed by atoms with Crippen molar-refractivity contribution in [2.45, 2.75) is 30.5 Å². The van der Waals surface area contributed by atoms with Crippen LogP contribution in [0.15, 0.2) is 27.5 Å². The molecule has 3 rings (SSSR count). The van der Waals surface area contributed by atoms with Crippen LogP contribution >= 0.6 is 23.1 Å². The second-order valence-corrected chi connectivity index (χ2v) is 6.86. The van der Waals surface area contributed by atoms with E-state index >= 15 is 0 Å². The van der Waals surface area contributed by atoms with E-state index in [0.29, 0.717) is 11.7 Å².